The van der Waals surface area contributed by atoms with Gasteiger partial charge in [0.2, 0.25) is 0 Å². The van der Waals surface area contributed by atoms with Crippen molar-refractivity contribution in [1.29, 1.82) is 0 Å². The van der Waals surface area contributed by atoms with E-state index in [2.05, 4.69) is 233 Å². The minimum atomic E-state index is -0.149. The van der Waals surface area contributed by atoms with Crippen LogP contribution >= 0.6 is 11.3 Å². The molecule has 4 nitrogen and oxygen atoms in total. The Morgan fingerprint density at radius 2 is 0.986 bits per heavy atom. The largest absolute Gasteiger partial charge is 0.456 e. The van der Waals surface area contributed by atoms with Gasteiger partial charge in [-0.15, -0.1) is 11.3 Å². The van der Waals surface area contributed by atoms with Gasteiger partial charge in [0.25, 0.3) is 6.71 Å². The van der Waals surface area contributed by atoms with Gasteiger partial charge in [0.05, 0.1) is 33.8 Å². The molecule has 0 saturated heterocycles. The molecule has 0 N–H and O–H groups in total. The van der Waals surface area contributed by atoms with Crippen molar-refractivity contribution in [1.82, 2.24) is 4.57 Å². The van der Waals surface area contributed by atoms with E-state index in [1.54, 1.807) is 0 Å². The number of rotatable bonds is 1. The second kappa shape index (κ2) is 13.8. The Hall–Kier alpha value is -6.24. The molecule has 0 aliphatic carbocycles. The lowest BCUT2D eigenvalue weighted by Crippen LogP contribution is -2.61. The fourth-order valence-corrected chi connectivity index (χ4v) is 13.2. The van der Waals surface area contributed by atoms with Gasteiger partial charge in [0.15, 0.2) is 0 Å². The summed E-state index contributed by atoms with van der Waals surface area (Å²) in [7, 11) is 0. The highest BCUT2D eigenvalue weighted by atomic mass is 32.1. The van der Waals surface area contributed by atoms with E-state index in [1.807, 2.05) is 11.3 Å². The summed E-state index contributed by atoms with van der Waals surface area (Å²) in [5, 5.41) is 6.24. The van der Waals surface area contributed by atoms with Crippen LogP contribution in [0.15, 0.2) is 120 Å². The average molecular weight is 934 g/mol. The van der Waals surface area contributed by atoms with Crippen LogP contribution in [-0.2, 0) is 27.1 Å². The van der Waals surface area contributed by atoms with Gasteiger partial charge in [-0.1, -0.05) is 140 Å². The summed E-state index contributed by atoms with van der Waals surface area (Å²) in [4.78, 5) is 5.38. The molecule has 350 valence electrons. The molecule has 3 aliphatic heterocycles. The van der Waals surface area contributed by atoms with Crippen LogP contribution in [0.1, 0.15) is 132 Å². The summed E-state index contributed by atoms with van der Waals surface area (Å²) in [6.07, 6.45) is 0. The molecule has 7 aromatic carbocycles. The van der Waals surface area contributed by atoms with Gasteiger partial charge in [-0.3, -0.25) is 0 Å². The number of furan rings is 1. The van der Waals surface area contributed by atoms with E-state index in [9.17, 15) is 0 Å². The lowest BCUT2D eigenvalue weighted by Gasteiger charge is -2.46. The van der Waals surface area contributed by atoms with Crippen LogP contribution in [0.2, 0.25) is 0 Å². The van der Waals surface area contributed by atoms with E-state index in [0.717, 1.165) is 27.6 Å². The first kappa shape index (κ1) is 43.8. The molecular weight excluding hydrogens is 870 g/mol. The number of hydrogen-bond donors (Lipinski definition) is 0. The van der Waals surface area contributed by atoms with E-state index in [4.69, 9.17) is 4.42 Å². The Morgan fingerprint density at radius 1 is 0.429 bits per heavy atom. The van der Waals surface area contributed by atoms with E-state index < -0.39 is 0 Å². The van der Waals surface area contributed by atoms with Crippen LogP contribution < -0.4 is 25.5 Å². The van der Waals surface area contributed by atoms with Crippen molar-refractivity contribution in [2.75, 3.05) is 9.80 Å². The molecule has 0 radical (unpaired) electrons. The van der Waals surface area contributed by atoms with Crippen molar-refractivity contribution < 1.29 is 4.42 Å². The SMILES string of the molecule is CC(C)(C)c1cc2c3c(c1)N1c4c(cc(C(C)(C)C)cc4-n4c5ccc(C(C)(C)C)cc5c5cc(C(C)(C)C)cc1c54)B3c1sc3ccc(C(C)(C)C)cc3c1N2c1ccc2oc3ccccc3c2c1. The topological polar surface area (TPSA) is 24.6 Å². The highest BCUT2D eigenvalue weighted by Gasteiger charge is 2.49. The minimum absolute atomic E-state index is 0.00455. The molecule has 6 heteroatoms. The van der Waals surface area contributed by atoms with E-state index in [1.165, 1.54) is 110 Å². The summed E-state index contributed by atoms with van der Waals surface area (Å²) in [5.74, 6) is 0. The first-order valence-corrected chi connectivity index (χ1v) is 26.3. The zero-order chi connectivity index (χ0) is 49.1. The summed E-state index contributed by atoms with van der Waals surface area (Å²) >= 11 is 1.99. The number of para-hydroxylation sites is 1. The average Bonchev–Trinajstić information content (AvgIpc) is 3.96. The zero-order valence-electron chi connectivity index (χ0n) is 43.7. The van der Waals surface area contributed by atoms with Gasteiger partial charge in [-0.25, -0.2) is 0 Å². The number of hydrogen-bond acceptors (Lipinski definition) is 4. The zero-order valence-corrected chi connectivity index (χ0v) is 44.5. The summed E-state index contributed by atoms with van der Waals surface area (Å²) in [5.41, 5.74) is 22.3. The predicted octanol–water partition coefficient (Wildman–Crippen LogP) is 16.8. The molecule has 13 rings (SSSR count). The summed E-state index contributed by atoms with van der Waals surface area (Å²) in [6.45, 7) is 35.5. The fourth-order valence-electron chi connectivity index (χ4n) is 11.9. The number of thiophene rings is 1. The molecule has 0 bridgehead atoms. The van der Waals surface area contributed by atoms with Gasteiger partial charge < -0.3 is 18.8 Å². The lowest BCUT2D eigenvalue weighted by atomic mass is 9.35. The van der Waals surface area contributed by atoms with Crippen molar-refractivity contribution in [3.63, 3.8) is 0 Å². The van der Waals surface area contributed by atoms with Crippen molar-refractivity contribution in [2.24, 2.45) is 0 Å². The van der Waals surface area contributed by atoms with Crippen molar-refractivity contribution in [2.45, 2.75) is 131 Å². The third kappa shape index (κ3) is 6.07. The molecule has 0 fully saturated rings. The van der Waals surface area contributed by atoms with Gasteiger partial charge in [-0.05, 0) is 145 Å². The Kier molecular flexibility index (Phi) is 8.62. The first-order valence-electron chi connectivity index (χ1n) is 25.5. The maximum Gasteiger partial charge on any atom is 0.264 e. The quantitative estimate of drug-likeness (QED) is 0.153. The number of benzene rings is 7. The predicted molar refractivity (Wildman–Crippen MR) is 305 cm³/mol. The third-order valence-corrected chi connectivity index (χ3v) is 17.2. The highest BCUT2D eigenvalue weighted by molar-refractivity contribution is 7.33. The van der Waals surface area contributed by atoms with Crippen LogP contribution in [0.3, 0.4) is 0 Å². The molecule has 6 heterocycles. The molecule has 3 aromatic heterocycles. The Bertz CT molecular complexity index is 3940. The number of aromatic nitrogens is 1. The summed E-state index contributed by atoms with van der Waals surface area (Å²) < 4.78 is 11.9. The van der Waals surface area contributed by atoms with Crippen LogP contribution in [0.5, 0.6) is 0 Å². The third-order valence-electron chi connectivity index (χ3n) is 16.0. The molecule has 70 heavy (non-hydrogen) atoms. The minimum Gasteiger partial charge on any atom is -0.456 e. The smallest absolute Gasteiger partial charge is 0.264 e. The first-order chi connectivity index (χ1) is 32.9. The van der Waals surface area contributed by atoms with E-state index >= 15 is 0 Å². The molecule has 0 saturated carbocycles. The van der Waals surface area contributed by atoms with Crippen LogP contribution in [-0.4, -0.2) is 11.3 Å². The molecule has 0 amide bonds. The molecule has 0 atom stereocenters. The molecule has 0 spiro atoms. The van der Waals surface area contributed by atoms with E-state index in [-0.39, 0.29) is 33.8 Å². The van der Waals surface area contributed by atoms with Crippen molar-refractivity contribution >= 4 is 122 Å². The monoisotopic (exact) mass is 933 g/mol. The molecular formula is C64H64BN3OS. The highest BCUT2D eigenvalue weighted by Crippen LogP contribution is 2.56. The Morgan fingerprint density at radius 3 is 1.67 bits per heavy atom. The summed E-state index contributed by atoms with van der Waals surface area (Å²) in [6, 6.07) is 45.3. The Labute approximate surface area is 418 Å². The molecule has 10 aromatic rings. The standard InChI is InChI=1S/C64H64BN3OS/c1-60(2,3)35-20-23-47-42(26-35)44-28-37(62(7,8)9)32-50-56(44)67(47)51-33-38(63(10,11)12)29-46-58(51)68(50)49-31-39(64(13,14)15)30-48-55(49)65(46)59-57(45-27-36(61(4,5)6)21-25-54(45)70-59)66(48)40-22-24-53-43(34-40)41-18-16-17-19-52(41)69-53/h16-34H,1-15H3. The van der Waals surface area contributed by atoms with Crippen molar-refractivity contribution in [3.8, 4) is 5.69 Å². The number of anilines is 6. The second-order valence-electron chi connectivity index (χ2n) is 26.0. The van der Waals surface area contributed by atoms with Gasteiger partial charge in [0.1, 0.15) is 11.2 Å². The maximum atomic E-state index is 6.50. The Balaban J connectivity index is 1.23. The van der Waals surface area contributed by atoms with Crippen LogP contribution in [0.4, 0.5) is 34.1 Å². The number of fused-ring (bicyclic) bond motifs is 14. The normalized spacial score (nSPS) is 14.7. The number of nitrogens with zero attached hydrogens (tertiary/aromatic N) is 3. The maximum absolute atomic E-state index is 6.50. The molecule has 0 unspecified atom stereocenters. The fraction of sp³-hybridized carbons (Fsp3) is 0.312. The van der Waals surface area contributed by atoms with Crippen molar-refractivity contribution in [3.05, 3.63) is 143 Å². The van der Waals surface area contributed by atoms with Crippen LogP contribution in [0, 0.1) is 0 Å². The molecule has 3 aliphatic rings. The van der Waals surface area contributed by atoms with Gasteiger partial charge >= 0.3 is 0 Å². The van der Waals surface area contributed by atoms with Gasteiger partial charge in [-0.2, -0.15) is 0 Å². The van der Waals surface area contributed by atoms with E-state index in [0.29, 0.717) is 0 Å². The van der Waals surface area contributed by atoms with Gasteiger partial charge in [0, 0.05) is 53.5 Å². The van der Waals surface area contributed by atoms with Crippen LogP contribution in [0.25, 0.3) is 59.5 Å². The lowest BCUT2D eigenvalue weighted by molar-refractivity contribution is 0.589. The second-order valence-corrected chi connectivity index (χ2v) is 27.1.